The number of carbonyl (C=O) groups is 2. The second-order valence-electron chi connectivity index (χ2n) is 6.25. The van der Waals surface area contributed by atoms with Crippen LogP contribution in [0.2, 0.25) is 0 Å². The SMILES string of the molecule is O=C1[C@H]2[C@@H]3C[C@H]([C@@H](Br)[C@H]3Br)[C@@H]2C(=O)N1Cc1ccccc1. The first-order chi connectivity index (χ1) is 10.1. The smallest absolute Gasteiger partial charge is 0.233 e. The summed E-state index contributed by atoms with van der Waals surface area (Å²) in [5, 5.41) is 0. The second kappa shape index (κ2) is 4.92. The van der Waals surface area contributed by atoms with Crippen LogP contribution >= 0.6 is 31.9 Å². The van der Waals surface area contributed by atoms with Crippen LogP contribution in [-0.2, 0) is 16.1 Å². The number of amides is 2. The number of imide groups is 1. The van der Waals surface area contributed by atoms with Gasteiger partial charge < -0.3 is 0 Å². The molecular formula is C16H15Br2NO2. The van der Waals surface area contributed by atoms with Gasteiger partial charge in [-0.15, -0.1) is 0 Å². The molecule has 1 aromatic rings. The fourth-order valence-electron chi connectivity index (χ4n) is 4.33. The third-order valence-corrected chi connectivity index (χ3v) is 8.47. The van der Waals surface area contributed by atoms with Crippen LogP contribution in [-0.4, -0.2) is 26.4 Å². The summed E-state index contributed by atoms with van der Waals surface area (Å²) in [5.41, 5.74) is 1.01. The molecule has 0 unspecified atom stereocenters. The van der Waals surface area contributed by atoms with Gasteiger partial charge in [-0.05, 0) is 23.8 Å². The largest absolute Gasteiger partial charge is 0.278 e. The highest BCUT2D eigenvalue weighted by Crippen LogP contribution is 2.60. The van der Waals surface area contributed by atoms with Gasteiger partial charge in [0.1, 0.15) is 0 Å². The number of rotatable bonds is 2. The molecule has 0 radical (unpaired) electrons. The molecule has 1 heterocycles. The number of nitrogens with zero attached hydrogens (tertiary/aromatic N) is 1. The van der Waals surface area contributed by atoms with Gasteiger partial charge in [-0.2, -0.15) is 0 Å². The van der Waals surface area contributed by atoms with Crippen molar-refractivity contribution < 1.29 is 9.59 Å². The van der Waals surface area contributed by atoms with E-state index in [1.54, 1.807) is 0 Å². The van der Waals surface area contributed by atoms with E-state index in [4.69, 9.17) is 0 Å². The number of halogens is 2. The van der Waals surface area contributed by atoms with E-state index < -0.39 is 0 Å². The molecule has 0 N–H and O–H groups in total. The summed E-state index contributed by atoms with van der Waals surface area (Å²) in [5.74, 6) is 0.437. The van der Waals surface area contributed by atoms with Gasteiger partial charge in [-0.25, -0.2) is 0 Å². The van der Waals surface area contributed by atoms with Gasteiger partial charge in [0.2, 0.25) is 11.8 Å². The van der Waals surface area contributed by atoms with Crippen molar-refractivity contribution in [2.45, 2.75) is 22.6 Å². The van der Waals surface area contributed by atoms with Crippen molar-refractivity contribution >= 4 is 43.7 Å². The van der Waals surface area contributed by atoms with E-state index in [0.29, 0.717) is 28.0 Å². The zero-order valence-electron chi connectivity index (χ0n) is 11.3. The molecule has 5 heteroatoms. The molecule has 6 atom stereocenters. The predicted molar refractivity (Wildman–Crippen MR) is 86.0 cm³/mol. The molecule has 0 spiro atoms. The Morgan fingerprint density at radius 3 is 2.00 bits per heavy atom. The molecule has 1 aliphatic heterocycles. The lowest BCUT2D eigenvalue weighted by Crippen LogP contribution is -2.37. The lowest BCUT2D eigenvalue weighted by molar-refractivity contribution is -0.141. The molecule has 0 aromatic heterocycles. The fraction of sp³-hybridized carbons (Fsp3) is 0.500. The number of hydrogen-bond donors (Lipinski definition) is 0. The molecule has 4 rings (SSSR count). The number of alkyl halides is 2. The average Bonchev–Trinajstić information content (AvgIpc) is 3.09. The van der Waals surface area contributed by atoms with Gasteiger partial charge in [0, 0.05) is 9.65 Å². The monoisotopic (exact) mass is 411 g/mol. The van der Waals surface area contributed by atoms with E-state index in [1.165, 1.54) is 4.90 Å². The highest BCUT2D eigenvalue weighted by Gasteiger charge is 2.66. The first-order valence-corrected chi connectivity index (χ1v) is 9.10. The molecule has 2 saturated carbocycles. The van der Waals surface area contributed by atoms with Crippen LogP contribution in [0, 0.1) is 23.7 Å². The lowest BCUT2D eigenvalue weighted by atomic mass is 9.81. The summed E-state index contributed by atoms with van der Waals surface area (Å²) in [6.07, 6.45) is 0.984. The molecule has 2 aliphatic carbocycles. The highest BCUT2D eigenvalue weighted by atomic mass is 79.9. The molecule has 1 saturated heterocycles. The van der Waals surface area contributed by atoms with E-state index in [1.807, 2.05) is 30.3 Å². The molecule has 3 aliphatic rings. The quantitative estimate of drug-likeness (QED) is 0.553. The van der Waals surface area contributed by atoms with Gasteiger partial charge in [-0.1, -0.05) is 62.2 Å². The number of likely N-dealkylation sites (tertiary alicyclic amines) is 1. The molecular weight excluding hydrogens is 398 g/mol. The zero-order valence-corrected chi connectivity index (χ0v) is 14.5. The van der Waals surface area contributed by atoms with Gasteiger partial charge in [0.05, 0.1) is 18.4 Å². The molecule has 3 nitrogen and oxygen atoms in total. The maximum Gasteiger partial charge on any atom is 0.233 e. The summed E-state index contributed by atoms with van der Waals surface area (Å²) in [4.78, 5) is 27.5. The second-order valence-corrected chi connectivity index (χ2v) is 8.37. The summed E-state index contributed by atoms with van der Waals surface area (Å²) < 4.78 is 0. The molecule has 2 bridgehead atoms. The zero-order chi connectivity index (χ0) is 14.7. The Labute approximate surface area is 140 Å². The van der Waals surface area contributed by atoms with Crippen molar-refractivity contribution in [1.82, 2.24) is 4.90 Å². The van der Waals surface area contributed by atoms with E-state index >= 15 is 0 Å². The average molecular weight is 413 g/mol. The summed E-state index contributed by atoms with van der Waals surface area (Å²) in [6.45, 7) is 0.408. The van der Waals surface area contributed by atoms with Crippen LogP contribution in [0.3, 0.4) is 0 Å². The Morgan fingerprint density at radius 2 is 1.48 bits per heavy atom. The maximum atomic E-state index is 12.7. The number of carbonyl (C=O) groups excluding carboxylic acids is 2. The highest BCUT2D eigenvalue weighted by molar-refractivity contribution is 9.12. The summed E-state index contributed by atoms with van der Waals surface area (Å²) in [7, 11) is 0. The minimum atomic E-state index is -0.107. The van der Waals surface area contributed by atoms with E-state index in [-0.39, 0.29) is 23.7 Å². The Bertz CT molecular complexity index is 574. The number of hydrogen-bond acceptors (Lipinski definition) is 2. The van der Waals surface area contributed by atoms with Crippen LogP contribution in [0.5, 0.6) is 0 Å². The third kappa shape index (κ3) is 1.89. The fourth-order valence-corrected chi connectivity index (χ4v) is 6.21. The minimum Gasteiger partial charge on any atom is -0.278 e. The predicted octanol–water partition coefficient (Wildman–Crippen LogP) is 2.96. The molecule has 1 aromatic carbocycles. The van der Waals surface area contributed by atoms with Crippen molar-refractivity contribution in [2.24, 2.45) is 23.7 Å². The van der Waals surface area contributed by atoms with Crippen LogP contribution < -0.4 is 0 Å². The van der Waals surface area contributed by atoms with Crippen molar-refractivity contribution in [2.75, 3.05) is 0 Å². The lowest BCUT2D eigenvalue weighted by Gasteiger charge is -2.28. The third-order valence-electron chi connectivity index (χ3n) is 5.26. The maximum absolute atomic E-state index is 12.7. The minimum absolute atomic E-state index is 0.0326. The topological polar surface area (TPSA) is 37.4 Å². The van der Waals surface area contributed by atoms with E-state index in [2.05, 4.69) is 31.9 Å². The summed E-state index contributed by atoms with van der Waals surface area (Å²) in [6, 6.07) is 9.74. The Morgan fingerprint density at radius 1 is 0.952 bits per heavy atom. The van der Waals surface area contributed by atoms with Crippen LogP contribution in [0.15, 0.2) is 30.3 Å². The normalized spacial score (nSPS) is 41.0. The first kappa shape index (κ1) is 13.9. The van der Waals surface area contributed by atoms with Crippen LogP contribution in [0.4, 0.5) is 0 Å². The molecule has 3 fully saturated rings. The first-order valence-electron chi connectivity index (χ1n) is 7.27. The number of benzene rings is 1. The van der Waals surface area contributed by atoms with E-state index in [9.17, 15) is 9.59 Å². The molecule has 21 heavy (non-hydrogen) atoms. The summed E-state index contributed by atoms with van der Waals surface area (Å²) >= 11 is 7.40. The molecule has 110 valence electrons. The Hall–Kier alpha value is -0.680. The standard InChI is InChI=1S/C16H15Br2NO2/c17-13-9-6-10(14(13)18)12-11(9)15(20)19(16(12)21)7-8-4-2-1-3-5-8/h1-5,9-14H,6-7H2/t9-,10-,11-,12-,13-,14+/m0/s1. The molecule has 2 amide bonds. The van der Waals surface area contributed by atoms with Gasteiger partial charge in [0.15, 0.2) is 0 Å². The van der Waals surface area contributed by atoms with Gasteiger partial charge in [-0.3, -0.25) is 14.5 Å². The Balaban J connectivity index is 1.62. The van der Waals surface area contributed by atoms with Gasteiger partial charge in [0.25, 0.3) is 0 Å². The van der Waals surface area contributed by atoms with Crippen LogP contribution in [0.25, 0.3) is 0 Å². The number of fused-ring (bicyclic) bond motifs is 5. The van der Waals surface area contributed by atoms with Crippen LogP contribution in [0.1, 0.15) is 12.0 Å². The van der Waals surface area contributed by atoms with Crippen molar-refractivity contribution in [3.8, 4) is 0 Å². The Kier molecular flexibility index (Phi) is 3.26. The van der Waals surface area contributed by atoms with Crippen molar-refractivity contribution in [3.63, 3.8) is 0 Å². The van der Waals surface area contributed by atoms with E-state index in [0.717, 1.165) is 12.0 Å². The van der Waals surface area contributed by atoms with Gasteiger partial charge >= 0.3 is 0 Å². The van der Waals surface area contributed by atoms with Crippen molar-refractivity contribution in [3.05, 3.63) is 35.9 Å². The van der Waals surface area contributed by atoms with Crippen molar-refractivity contribution in [1.29, 1.82) is 0 Å².